The molecule has 1 N–H and O–H groups in total. The number of fused-ring (bicyclic) bond motifs is 2. The van der Waals surface area contributed by atoms with Crippen molar-refractivity contribution in [2.24, 2.45) is 0 Å². The first-order valence-corrected chi connectivity index (χ1v) is 7.72. The minimum Gasteiger partial charge on any atom is -0.376 e. The van der Waals surface area contributed by atoms with Crippen LogP contribution in [0.5, 0.6) is 0 Å². The molecule has 0 amide bonds. The van der Waals surface area contributed by atoms with E-state index >= 15 is 0 Å². The molecule has 0 aliphatic carbocycles. The molecule has 0 bridgehead atoms. The molecule has 2 aromatic rings. The number of anilines is 1. The summed E-state index contributed by atoms with van der Waals surface area (Å²) >= 11 is 0. The van der Waals surface area contributed by atoms with Gasteiger partial charge < -0.3 is 10.1 Å². The fraction of sp³-hybridized carbons (Fsp3) is 0.500. The molecule has 0 spiro atoms. The third-order valence-electron chi connectivity index (χ3n) is 4.55. The Morgan fingerprint density at radius 1 is 1.32 bits per heavy atom. The monoisotopic (exact) mass is 302 g/mol. The Labute approximate surface area is 128 Å². The average molecular weight is 302 g/mol. The molecule has 4 rings (SSSR count). The highest BCUT2D eigenvalue weighted by molar-refractivity contribution is 5.89. The molecule has 0 saturated carbocycles. The zero-order chi connectivity index (χ0) is 15.1. The fourth-order valence-corrected chi connectivity index (χ4v) is 3.51. The van der Waals surface area contributed by atoms with Gasteiger partial charge in [0, 0.05) is 25.2 Å². The molecule has 5 nitrogen and oxygen atoms in total. The van der Waals surface area contributed by atoms with Crippen LogP contribution in [0.4, 0.5) is 10.2 Å². The number of halogens is 1. The number of morpholine rings is 1. The molecule has 2 aliphatic rings. The van der Waals surface area contributed by atoms with Gasteiger partial charge in [-0.25, -0.2) is 14.4 Å². The molecule has 1 aromatic heterocycles. The summed E-state index contributed by atoms with van der Waals surface area (Å²) in [4.78, 5) is 10.8. The van der Waals surface area contributed by atoms with Gasteiger partial charge in [0.1, 0.15) is 18.0 Å². The Balaban J connectivity index is 1.57. The van der Waals surface area contributed by atoms with E-state index in [1.165, 1.54) is 12.4 Å². The van der Waals surface area contributed by atoms with E-state index in [2.05, 4.69) is 27.1 Å². The van der Waals surface area contributed by atoms with Crippen molar-refractivity contribution in [3.05, 3.63) is 30.3 Å². The first-order chi connectivity index (χ1) is 10.7. The van der Waals surface area contributed by atoms with Gasteiger partial charge >= 0.3 is 0 Å². The van der Waals surface area contributed by atoms with E-state index in [1.807, 2.05) is 0 Å². The molecule has 0 unspecified atom stereocenters. The summed E-state index contributed by atoms with van der Waals surface area (Å²) in [6, 6.07) is 5.63. The second-order valence-corrected chi connectivity index (χ2v) is 6.18. The van der Waals surface area contributed by atoms with Crippen molar-refractivity contribution < 1.29 is 9.13 Å². The van der Waals surface area contributed by atoms with Crippen LogP contribution in [0.25, 0.3) is 10.9 Å². The summed E-state index contributed by atoms with van der Waals surface area (Å²) in [7, 11) is 0. The van der Waals surface area contributed by atoms with E-state index in [0.29, 0.717) is 22.8 Å². The van der Waals surface area contributed by atoms with E-state index in [4.69, 9.17) is 4.74 Å². The first-order valence-electron chi connectivity index (χ1n) is 7.72. The number of rotatable bonds is 2. The highest BCUT2D eigenvalue weighted by Crippen LogP contribution is 2.28. The maximum atomic E-state index is 14.1. The van der Waals surface area contributed by atoms with Crippen molar-refractivity contribution in [3.8, 4) is 0 Å². The lowest BCUT2D eigenvalue weighted by Gasteiger charge is -2.33. The highest BCUT2D eigenvalue weighted by Gasteiger charge is 2.36. The predicted octanol–water partition coefficient (Wildman–Crippen LogP) is 2.04. The van der Waals surface area contributed by atoms with Gasteiger partial charge in [-0.15, -0.1) is 0 Å². The van der Waals surface area contributed by atoms with Gasteiger partial charge in [0.15, 0.2) is 0 Å². The summed E-state index contributed by atoms with van der Waals surface area (Å²) in [6.07, 6.45) is 2.76. The molecule has 3 heterocycles. The molecule has 6 heteroatoms. The van der Waals surface area contributed by atoms with Crippen LogP contribution in [0.1, 0.15) is 13.3 Å². The molecule has 3 atom stereocenters. The normalized spacial score (nSPS) is 28.7. The van der Waals surface area contributed by atoms with E-state index < -0.39 is 0 Å². The Morgan fingerprint density at radius 2 is 2.23 bits per heavy atom. The third-order valence-corrected chi connectivity index (χ3v) is 4.55. The van der Waals surface area contributed by atoms with Gasteiger partial charge in [-0.1, -0.05) is 6.07 Å². The molecule has 2 aliphatic heterocycles. The third kappa shape index (κ3) is 2.42. The predicted molar refractivity (Wildman–Crippen MR) is 82.3 cm³/mol. The summed E-state index contributed by atoms with van der Waals surface area (Å²) in [5, 5.41) is 3.88. The standard InChI is InChI=1S/C16H19FN4O/c1-10-6-21-7-11(5-12(21)8-22-10)20-16-15-13(17)3-2-4-14(15)18-9-19-16/h2-4,9-12H,5-8H2,1H3,(H,18,19,20)/t10-,11-,12+/m1/s1. The lowest BCUT2D eigenvalue weighted by atomic mass is 10.1. The van der Waals surface area contributed by atoms with Crippen LogP contribution in [0.15, 0.2) is 24.5 Å². The number of benzene rings is 1. The average Bonchev–Trinajstić information content (AvgIpc) is 2.89. The maximum Gasteiger partial charge on any atom is 0.140 e. The number of aromatic nitrogens is 2. The lowest BCUT2D eigenvalue weighted by molar-refractivity contribution is -0.0390. The van der Waals surface area contributed by atoms with Crippen molar-refractivity contribution in [3.63, 3.8) is 0 Å². The first kappa shape index (κ1) is 13.8. The van der Waals surface area contributed by atoms with Gasteiger partial charge in [-0.05, 0) is 25.5 Å². The smallest absolute Gasteiger partial charge is 0.140 e. The van der Waals surface area contributed by atoms with Crippen molar-refractivity contribution in [1.29, 1.82) is 0 Å². The van der Waals surface area contributed by atoms with Gasteiger partial charge in [0.05, 0.1) is 23.6 Å². The molecule has 22 heavy (non-hydrogen) atoms. The summed E-state index contributed by atoms with van der Waals surface area (Å²) < 4.78 is 19.8. The van der Waals surface area contributed by atoms with Gasteiger partial charge in [-0.3, -0.25) is 4.90 Å². The Bertz CT molecular complexity index is 690. The fourth-order valence-electron chi connectivity index (χ4n) is 3.51. The van der Waals surface area contributed by atoms with Crippen molar-refractivity contribution in [1.82, 2.24) is 14.9 Å². The van der Waals surface area contributed by atoms with Crippen LogP contribution in [0.3, 0.4) is 0 Å². The zero-order valence-corrected chi connectivity index (χ0v) is 12.5. The van der Waals surface area contributed by atoms with E-state index in [0.717, 1.165) is 26.1 Å². The quantitative estimate of drug-likeness (QED) is 0.920. The molecule has 2 fully saturated rings. The van der Waals surface area contributed by atoms with Crippen LogP contribution in [-0.2, 0) is 4.74 Å². The highest BCUT2D eigenvalue weighted by atomic mass is 19.1. The van der Waals surface area contributed by atoms with Crippen LogP contribution in [0, 0.1) is 5.82 Å². The Morgan fingerprint density at radius 3 is 3.14 bits per heavy atom. The van der Waals surface area contributed by atoms with Crippen LogP contribution in [-0.4, -0.2) is 52.8 Å². The maximum absolute atomic E-state index is 14.1. The minimum absolute atomic E-state index is 0.261. The summed E-state index contributed by atoms with van der Waals surface area (Å²) in [5.74, 6) is 0.301. The zero-order valence-electron chi connectivity index (χ0n) is 12.5. The SMILES string of the molecule is C[C@@H]1CN2C[C@H](Nc3ncnc4cccc(F)c34)C[C@H]2CO1. The number of nitrogens with one attached hydrogen (secondary N) is 1. The minimum atomic E-state index is -0.284. The van der Waals surface area contributed by atoms with Crippen molar-refractivity contribution in [2.45, 2.75) is 31.5 Å². The number of nitrogens with zero attached hydrogens (tertiary/aromatic N) is 3. The van der Waals surface area contributed by atoms with Gasteiger partial charge in [0.2, 0.25) is 0 Å². The van der Waals surface area contributed by atoms with Crippen molar-refractivity contribution in [2.75, 3.05) is 25.0 Å². The topological polar surface area (TPSA) is 50.3 Å². The molecule has 116 valence electrons. The second-order valence-electron chi connectivity index (χ2n) is 6.18. The molecular formula is C16H19FN4O. The number of hydrogen-bond acceptors (Lipinski definition) is 5. The van der Waals surface area contributed by atoms with Crippen LogP contribution >= 0.6 is 0 Å². The van der Waals surface area contributed by atoms with E-state index in [9.17, 15) is 4.39 Å². The number of ether oxygens (including phenoxy) is 1. The molecule has 0 radical (unpaired) electrons. The van der Waals surface area contributed by atoms with Gasteiger partial charge in [0.25, 0.3) is 0 Å². The molecule has 2 saturated heterocycles. The Kier molecular flexibility index (Phi) is 3.43. The van der Waals surface area contributed by atoms with E-state index in [-0.39, 0.29) is 18.0 Å². The Hall–Kier alpha value is -1.79. The van der Waals surface area contributed by atoms with Crippen molar-refractivity contribution >= 4 is 16.7 Å². The van der Waals surface area contributed by atoms with Crippen LogP contribution in [0.2, 0.25) is 0 Å². The number of hydrogen-bond donors (Lipinski definition) is 1. The lowest BCUT2D eigenvalue weighted by Crippen LogP contribution is -2.45. The van der Waals surface area contributed by atoms with E-state index in [1.54, 1.807) is 12.1 Å². The van der Waals surface area contributed by atoms with Gasteiger partial charge in [-0.2, -0.15) is 0 Å². The largest absolute Gasteiger partial charge is 0.376 e. The second kappa shape index (κ2) is 5.44. The van der Waals surface area contributed by atoms with Crippen LogP contribution < -0.4 is 5.32 Å². The molecule has 1 aromatic carbocycles. The summed E-state index contributed by atoms with van der Waals surface area (Å²) in [5.41, 5.74) is 0.630. The molecular weight excluding hydrogens is 283 g/mol. The summed E-state index contributed by atoms with van der Waals surface area (Å²) in [6.45, 7) is 4.78.